The quantitative estimate of drug-likeness (QED) is 0.262. The molecule has 0 saturated carbocycles. The largest absolute Gasteiger partial charge is 0.493 e. The van der Waals surface area contributed by atoms with Crippen LogP contribution in [-0.2, 0) is 9.53 Å². The zero-order chi connectivity index (χ0) is 30.7. The molecule has 0 aliphatic carbocycles. The van der Waals surface area contributed by atoms with Gasteiger partial charge in [-0.05, 0) is 44.5 Å². The van der Waals surface area contributed by atoms with Crippen LogP contribution in [0.1, 0.15) is 54.9 Å². The van der Waals surface area contributed by atoms with E-state index in [0.29, 0.717) is 55.8 Å². The van der Waals surface area contributed by atoms with E-state index in [2.05, 4.69) is 4.99 Å². The Hall–Kier alpha value is -4.90. The van der Waals surface area contributed by atoms with Crippen molar-refractivity contribution in [3.8, 4) is 22.8 Å². The average molecular weight is 603 g/mol. The highest BCUT2D eigenvalue weighted by Gasteiger charge is 2.36. The van der Waals surface area contributed by atoms with Crippen molar-refractivity contribution in [1.29, 1.82) is 0 Å². The van der Waals surface area contributed by atoms with Crippen molar-refractivity contribution in [2.75, 3.05) is 20.3 Å². The summed E-state index contributed by atoms with van der Waals surface area (Å²) in [6.07, 6.45) is 2.32. The monoisotopic (exact) mass is 602 g/mol. The van der Waals surface area contributed by atoms with Gasteiger partial charge >= 0.3 is 11.9 Å². The number of thiazole rings is 1. The first-order chi connectivity index (χ1) is 20.8. The van der Waals surface area contributed by atoms with Crippen LogP contribution in [0.5, 0.6) is 11.5 Å². The molecule has 0 amide bonds. The summed E-state index contributed by atoms with van der Waals surface area (Å²) in [4.78, 5) is 44.1. The van der Waals surface area contributed by atoms with Crippen LogP contribution in [0.4, 0.5) is 0 Å². The number of nitrogens with zero attached hydrogens (tertiary/aromatic N) is 2. The zero-order valence-electron chi connectivity index (χ0n) is 24.1. The minimum atomic E-state index is -1.07. The van der Waals surface area contributed by atoms with Crippen LogP contribution >= 0.6 is 11.3 Å². The number of furan rings is 1. The maximum atomic E-state index is 14.1. The molecule has 3 heterocycles. The highest BCUT2D eigenvalue weighted by Crippen LogP contribution is 2.41. The molecule has 11 heteroatoms. The van der Waals surface area contributed by atoms with Gasteiger partial charge in [-0.1, -0.05) is 48.6 Å². The molecule has 5 rings (SSSR count). The van der Waals surface area contributed by atoms with Gasteiger partial charge < -0.3 is 23.7 Å². The number of ether oxygens (including phenoxy) is 3. The third-order valence-corrected chi connectivity index (χ3v) is 7.80. The summed E-state index contributed by atoms with van der Waals surface area (Å²) in [5.74, 6) is -0.0583. The minimum Gasteiger partial charge on any atom is -0.493 e. The second kappa shape index (κ2) is 12.5. The van der Waals surface area contributed by atoms with Crippen molar-refractivity contribution in [3.63, 3.8) is 0 Å². The maximum absolute atomic E-state index is 14.1. The van der Waals surface area contributed by atoms with Crippen LogP contribution in [0.15, 0.2) is 80.1 Å². The first kappa shape index (κ1) is 29.6. The van der Waals surface area contributed by atoms with Crippen molar-refractivity contribution >= 4 is 29.4 Å². The minimum absolute atomic E-state index is 0.101. The van der Waals surface area contributed by atoms with Gasteiger partial charge in [0, 0.05) is 17.2 Å². The van der Waals surface area contributed by atoms with Crippen LogP contribution < -0.4 is 24.4 Å². The number of benzene rings is 2. The first-order valence-corrected chi connectivity index (χ1v) is 14.5. The standard InChI is InChI=1S/C32H30N2O8S/c1-5-16-41-28-22(12-9-13-24(28)39-4)27-26(31(38)40-6-2)18(3)33-32-34(27)29(35)25(43-32)17-19-14-15-23(42-19)20-10-7-8-11-21(20)30(36)37/h7-15,17,27H,5-6,16H2,1-4H3,(H,36,37)/b25-17+/t27-/m0/s1. The Labute approximate surface area is 250 Å². The Morgan fingerprint density at radius 2 is 1.91 bits per heavy atom. The molecule has 1 aliphatic heterocycles. The van der Waals surface area contributed by atoms with E-state index >= 15 is 0 Å². The Balaban J connectivity index is 1.69. The fraction of sp³-hybridized carbons (Fsp3) is 0.250. The lowest BCUT2D eigenvalue weighted by Gasteiger charge is -2.27. The van der Waals surface area contributed by atoms with Crippen LogP contribution in [-0.4, -0.2) is 41.9 Å². The number of carbonyl (C=O) groups excluding carboxylic acids is 1. The molecule has 43 heavy (non-hydrogen) atoms. The van der Waals surface area contributed by atoms with E-state index in [0.717, 1.165) is 17.8 Å². The number of allylic oxidation sites excluding steroid dienone is 1. The number of carbonyl (C=O) groups is 2. The number of carboxylic acids is 1. The normalized spacial score (nSPS) is 14.7. The summed E-state index contributed by atoms with van der Waals surface area (Å²) in [7, 11) is 1.53. The summed E-state index contributed by atoms with van der Waals surface area (Å²) in [6.45, 7) is 5.95. The fourth-order valence-corrected chi connectivity index (χ4v) is 5.97. The molecule has 222 valence electrons. The molecule has 0 radical (unpaired) electrons. The predicted molar refractivity (Wildman–Crippen MR) is 160 cm³/mol. The highest BCUT2D eigenvalue weighted by atomic mass is 32.1. The Morgan fingerprint density at radius 3 is 2.63 bits per heavy atom. The zero-order valence-corrected chi connectivity index (χ0v) is 24.9. The topological polar surface area (TPSA) is 130 Å². The van der Waals surface area contributed by atoms with E-state index < -0.39 is 23.5 Å². The average Bonchev–Trinajstić information content (AvgIpc) is 3.59. The number of carboxylic acid groups (broad SMARTS) is 1. The second-order valence-corrected chi connectivity index (χ2v) is 10.6. The van der Waals surface area contributed by atoms with Crippen molar-refractivity contribution < 1.29 is 33.3 Å². The molecule has 1 N–H and O–H groups in total. The molecule has 2 aromatic carbocycles. The molecule has 1 aliphatic rings. The molecule has 0 unspecified atom stereocenters. The van der Waals surface area contributed by atoms with Crippen molar-refractivity contribution in [1.82, 2.24) is 4.57 Å². The molecule has 1 atom stereocenters. The molecule has 4 aromatic rings. The molecule has 10 nitrogen and oxygen atoms in total. The van der Waals surface area contributed by atoms with Gasteiger partial charge in [0.15, 0.2) is 16.3 Å². The SMILES string of the molecule is CCCOc1c(OC)cccc1[C@H]1C(C(=O)OCC)=C(C)N=c2s/c(=C/c3ccc(-c4ccccc4C(=O)O)o3)c(=O)n21. The molecule has 0 saturated heterocycles. The van der Waals surface area contributed by atoms with Gasteiger partial charge in [0.25, 0.3) is 5.56 Å². The number of aromatic carboxylic acids is 1. The third-order valence-electron chi connectivity index (χ3n) is 6.81. The van der Waals surface area contributed by atoms with E-state index in [1.54, 1.807) is 68.5 Å². The van der Waals surface area contributed by atoms with Crippen molar-refractivity contribution in [2.24, 2.45) is 4.99 Å². The number of rotatable bonds is 10. The number of aromatic nitrogens is 1. The number of hydrogen-bond acceptors (Lipinski definition) is 9. The summed E-state index contributed by atoms with van der Waals surface area (Å²) < 4.78 is 24.8. The van der Waals surface area contributed by atoms with Gasteiger partial charge in [0.05, 0.1) is 41.7 Å². The number of fused-ring (bicyclic) bond motifs is 1. The van der Waals surface area contributed by atoms with Crippen LogP contribution in [0, 0.1) is 0 Å². The number of esters is 1. The van der Waals surface area contributed by atoms with Crippen LogP contribution in [0.2, 0.25) is 0 Å². The first-order valence-electron chi connectivity index (χ1n) is 13.7. The lowest BCUT2D eigenvalue weighted by Crippen LogP contribution is -2.40. The summed E-state index contributed by atoms with van der Waals surface area (Å²) in [5.41, 5.74) is 1.33. The van der Waals surface area contributed by atoms with Gasteiger partial charge in [0.2, 0.25) is 0 Å². The number of para-hydroxylation sites is 1. The second-order valence-electron chi connectivity index (χ2n) is 9.58. The number of hydrogen-bond donors (Lipinski definition) is 1. The Bertz CT molecular complexity index is 1910. The van der Waals surface area contributed by atoms with Crippen LogP contribution in [0.25, 0.3) is 17.4 Å². The fourth-order valence-electron chi connectivity index (χ4n) is 4.94. The lowest BCUT2D eigenvalue weighted by atomic mass is 9.94. The lowest BCUT2D eigenvalue weighted by molar-refractivity contribution is -0.139. The molecule has 0 spiro atoms. The van der Waals surface area contributed by atoms with E-state index in [1.807, 2.05) is 6.92 Å². The van der Waals surface area contributed by atoms with E-state index in [4.69, 9.17) is 18.6 Å². The van der Waals surface area contributed by atoms with Crippen molar-refractivity contribution in [2.45, 2.75) is 33.2 Å². The summed E-state index contributed by atoms with van der Waals surface area (Å²) in [5, 5.41) is 9.58. The van der Waals surface area contributed by atoms with Crippen LogP contribution in [0.3, 0.4) is 0 Å². The van der Waals surface area contributed by atoms with Gasteiger partial charge in [-0.2, -0.15) is 0 Å². The predicted octanol–water partition coefficient (Wildman–Crippen LogP) is 4.55. The molecule has 0 bridgehead atoms. The summed E-state index contributed by atoms with van der Waals surface area (Å²) >= 11 is 1.15. The van der Waals surface area contributed by atoms with E-state index in [1.165, 1.54) is 17.7 Å². The molecule has 2 aromatic heterocycles. The van der Waals surface area contributed by atoms with Gasteiger partial charge in [-0.15, -0.1) is 0 Å². The van der Waals surface area contributed by atoms with Crippen molar-refractivity contribution in [3.05, 3.63) is 102 Å². The van der Waals surface area contributed by atoms with E-state index in [9.17, 15) is 19.5 Å². The summed E-state index contributed by atoms with van der Waals surface area (Å²) in [6, 6.07) is 14.3. The molecular weight excluding hydrogens is 572 g/mol. The third kappa shape index (κ3) is 5.63. The maximum Gasteiger partial charge on any atom is 0.338 e. The van der Waals surface area contributed by atoms with Gasteiger partial charge in [-0.3, -0.25) is 9.36 Å². The van der Waals surface area contributed by atoms with Gasteiger partial charge in [-0.25, -0.2) is 14.6 Å². The molecular formula is C32H30N2O8S. The highest BCUT2D eigenvalue weighted by molar-refractivity contribution is 7.07. The smallest absolute Gasteiger partial charge is 0.338 e. The molecule has 0 fully saturated rings. The number of methoxy groups -OCH3 is 1. The Kier molecular flexibility index (Phi) is 8.63. The van der Waals surface area contributed by atoms with E-state index in [-0.39, 0.29) is 17.7 Å². The van der Waals surface area contributed by atoms with Gasteiger partial charge in [0.1, 0.15) is 17.6 Å². The Morgan fingerprint density at radius 1 is 1.12 bits per heavy atom.